The normalized spacial score (nSPS) is 11.8. The summed E-state index contributed by atoms with van der Waals surface area (Å²) in [6, 6.07) is 32.9. The Labute approximate surface area is 187 Å². The van der Waals surface area contributed by atoms with E-state index in [0.717, 1.165) is 19.4 Å². The summed E-state index contributed by atoms with van der Waals surface area (Å²) in [5.41, 5.74) is 4.18. The van der Waals surface area contributed by atoms with Crippen LogP contribution in [0, 0.1) is 0 Å². The molecule has 3 aromatic rings. The fourth-order valence-electron chi connectivity index (χ4n) is 3.41. The molecule has 0 bridgehead atoms. The van der Waals surface area contributed by atoms with Gasteiger partial charge in [0.25, 0.3) is 0 Å². The van der Waals surface area contributed by atoms with Gasteiger partial charge >= 0.3 is 37.7 Å². The number of benzene rings is 3. The van der Waals surface area contributed by atoms with Crippen LogP contribution in [0.4, 0.5) is 0 Å². The molecule has 0 aliphatic rings. The van der Waals surface area contributed by atoms with Crippen LogP contribution in [0.1, 0.15) is 36.0 Å². The van der Waals surface area contributed by atoms with Gasteiger partial charge in [-0.1, -0.05) is 91.0 Å². The fraction of sp³-hybridized carbons (Fsp3) is 0.250. The first kappa shape index (κ1) is 21.2. The summed E-state index contributed by atoms with van der Waals surface area (Å²) in [4.78, 5) is 0. The van der Waals surface area contributed by atoms with Gasteiger partial charge in [-0.05, 0) is 43.0 Å². The Kier molecular flexibility index (Phi) is 9.42. The molecule has 26 heavy (non-hydrogen) atoms. The van der Waals surface area contributed by atoms with E-state index < -0.39 is 0 Å². The van der Waals surface area contributed by atoms with Crippen LogP contribution in [0.5, 0.6) is 0 Å². The molecule has 1 N–H and O–H groups in total. The molecule has 0 saturated heterocycles. The standard InChI is InChI=1S/C24H27N.Ca.2H/c1-20(19-21-11-5-2-6-12-21)25-18-17-24(22-13-7-3-8-14-22)23-15-9-4-10-16-23;;;/h2-16,20,24-25H,17-19H2,1H3;;;/t20-;;;/m0.../s1. The first-order valence-corrected chi connectivity index (χ1v) is 9.20. The predicted molar refractivity (Wildman–Crippen MR) is 115 cm³/mol. The third kappa shape index (κ3) is 6.55. The molecule has 3 aromatic carbocycles. The summed E-state index contributed by atoms with van der Waals surface area (Å²) in [5.74, 6) is 0.443. The first-order chi connectivity index (χ1) is 12.3. The van der Waals surface area contributed by atoms with Gasteiger partial charge in [-0.3, -0.25) is 0 Å². The molecular formula is C24H29CaN. The molecule has 0 heterocycles. The molecule has 0 spiro atoms. The van der Waals surface area contributed by atoms with Crippen LogP contribution < -0.4 is 5.32 Å². The summed E-state index contributed by atoms with van der Waals surface area (Å²) in [6.07, 6.45) is 2.18. The number of nitrogens with one attached hydrogen (secondary N) is 1. The zero-order chi connectivity index (χ0) is 17.3. The van der Waals surface area contributed by atoms with Crippen molar-refractivity contribution in [3.05, 3.63) is 108 Å². The van der Waals surface area contributed by atoms with Crippen molar-refractivity contribution in [1.82, 2.24) is 5.32 Å². The van der Waals surface area contributed by atoms with Crippen molar-refractivity contribution in [2.24, 2.45) is 0 Å². The van der Waals surface area contributed by atoms with Crippen LogP contribution in [0.25, 0.3) is 0 Å². The topological polar surface area (TPSA) is 12.0 Å². The van der Waals surface area contributed by atoms with E-state index >= 15 is 0 Å². The van der Waals surface area contributed by atoms with Gasteiger partial charge in [0.15, 0.2) is 0 Å². The fourth-order valence-corrected chi connectivity index (χ4v) is 3.41. The van der Waals surface area contributed by atoms with Crippen LogP contribution in [0.15, 0.2) is 91.0 Å². The SMILES string of the molecule is C[C@@H](Cc1ccccc1)NCCC(c1ccccc1)c1ccccc1.[CaH2]. The van der Waals surface area contributed by atoms with Crippen LogP contribution in [0.2, 0.25) is 0 Å². The van der Waals surface area contributed by atoms with E-state index in [-0.39, 0.29) is 37.7 Å². The molecule has 0 aliphatic carbocycles. The Morgan fingerprint density at radius 3 is 1.65 bits per heavy atom. The molecule has 0 unspecified atom stereocenters. The Balaban J connectivity index is 0.00000243. The number of hydrogen-bond donors (Lipinski definition) is 1. The molecule has 0 radical (unpaired) electrons. The summed E-state index contributed by atoms with van der Waals surface area (Å²) < 4.78 is 0. The van der Waals surface area contributed by atoms with E-state index in [1.165, 1.54) is 16.7 Å². The Hall–Kier alpha value is -1.12. The van der Waals surface area contributed by atoms with Gasteiger partial charge in [-0.15, -0.1) is 0 Å². The zero-order valence-corrected chi connectivity index (χ0v) is 14.9. The predicted octanol–water partition coefficient (Wildman–Crippen LogP) is 4.51. The van der Waals surface area contributed by atoms with E-state index in [1.807, 2.05) is 0 Å². The van der Waals surface area contributed by atoms with E-state index in [1.54, 1.807) is 0 Å². The molecule has 3 rings (SSSR count). The average Bonchev–Trinajstić information content (AvgIpc) is 2.67. The molecule has 1 atom stereocenters. The summed E-state index contributed by atoms with van der Waals surface area (Å²) in [6.45, 7) is 3.29. The third-order valence-electron chi connectivity index (χ3n) is 4.71. The summed E-state index contributed by atoms with van der Waals surface area (Å²) >= 11 is 0. The van der Waals surface area contributed by atoms with E-state index in [2.05, 4.69) is 103 Å². The van der Waals surface area contributed by atoms with Crippen molar-refractivity contribution in [3.8, 4) is 0 Å². The zero-order valence-electron chi connectivity index (χ0n) is 14.9. The van der Waals surface area contributed by atoms with Crippen molar-refractivity contribution in [2.75, 3.05) is 6.54 Å². The van der Waals surface area contributed by atoms with E-state index in [9.17, 15) is 0 Å². The van der Waals surface area contributed by atoms with Crippen molar-refractivity contribution in [1.29, 1.82) is 0 Å². The maximum absolute atomic E-state index is 3.70. The quantitative estimate of drug-likeness (QED) is 0.574. The average molecular weight is 372 g/mol. The Bertz CT molecular complexity index is 688. The maximum atomic E-state index is 3.70. The van der Waals surface area contributed by atoms with Gasteiger partial charge in [-0.25, -0.2) is 0 Å². The van der Waals surface area contributed by atoms with Crippen molar-refractivity contribution < 1.29 is 0 Å². The third-order valence-corrected chi connectivity index (χ3v) is 4.71. The molecule has 0 amide bonds. The van der Waals surface area contributed by atoms with Crippen LogP contribution in [-0.2, 0) is 6.42 Å². The Morgan fingerprint density at radius 1 is 0.692 bits per heavy atom. The van der Waals surface area contributed by atoms with Gasteiger partial charge in [-0.2, -0.15) is 0 Å². The summed E-state index contributed by atoms with van der Waals surface area (Å²) in [5, 5.41) is 3.70. The van der Waals surface area contributed by atoms with Crippen LogP contribution in [-0.4, -0.2) is 50.3 Å². The van der Waals surface area contributed by atoms with E-state index in [4.69, 9.17) is 0 Å². The second-order valence-electron chi connectivity index (χ2n) is 6.71. The van der Waals surface area contributed by atoms with E-state index in [0.29, 0.717) is 12.0 Å². The van der Waals surface area contributed by atoms with Crippen molar-refractivity contribution in [3.63, 3.8) is 0 Å². The Morgan fingerprint density at radius 2 is 1.15 bits per heavy atom. The number of hydrogen-bond acceptors (Lipinski definition) is 1. The molecule has 0 fully saturated rings. The van der Waals surface area contributed by atoms with Gasteiger partial charge in [0.05, 0.1) is 0 Å². The molecule has 132 valence electrons. The first-order valence-electron chi connectivity index (χ1n) is 9.20. The number of rotatable bonds is 8. The molecular weight excluding hydrogens is 342 g/mol. The second-order valence-corrected chi connectivity index (χ2v) is 6.71. The van der Waals surface area contributed by atoms with Gasteiger partial charge in [0.2, 0.25) is 0 Å². The van der Waals surface area contributed by atoms with Crippen molar-refractivity contribution >= 4 is 37.7 Å². The van der Waals surface area contributed by atoms with Gasteiger partial charge in [0, 0.05) is 12.0 Å². The van der Waals surface area contributed by atoms with Crippen LogP contribution >= 0.6 is 0 Å². The molecule has 0 saturated carbocycles. The molecule has 0 aromatic heterocycles. The minimum absolute atomic E-state index is 0. The monoisotopic (exact) mass is 371 g/mol. The minimum atomic E-state index is 0. The molecule has 0 aliphatic heterocycles. The summed E-state index contributed by atoms with van der Waals surface area (Å²) in [7, 11) is 0. The molecule has 2 heteroatoms. The molecule has 1 nitrogen and oxygen atoms in total. The second kappa shape index (κ2) is 11.6. The van der Waals surface area contributed by atoms with Gasteiger partial charge in [0.1, 0.15) is 0 Å². The van der Waals surface area contributed by atoms with Gasteiger partial charge < -0.3 is 5.32 Å². The van der Waals surface area contributed by atoms with Crippen molar-refractivity contribution in [2.45, 2.75) is 31.7 Å². The van der Waals surface area contributed by atoms with Crippen LogP contribution in [0.3, 0.4) is 0 Å².